The first-order chi connectivity index (χ1) is 17.3. The summed E-state index contributed by atoms with van der Waals surface area (Å²) in [7, 11) is 0. The molecule has 0 unspecified atom stereocenters. The zero-order valence-corrected chi connectivity index (χ0v) is 23.0. The Kier molecular flexibility index (Phi) is 10.5. The Labute approximate surface area is 218 Å². The van der Waals surface area contributed by atoms with Crippen LogP contribution in [0.25, 0.3) is 16.8 Å². The van der Waals surface area contributed by atoms with E-state index in [1.165, 1.54) is 18.4 Å². The highest BCUT2D eigenvalue weighted by molar-refractivity contribution is 5.69. The summed E-state index contributed by atoms with van der Waals surface area (Å²) < 4.78 is 28.8. The van der Waals surface area contributed by atoms with Gasteiger partial charge in [-0.25, -0.2) is 8.78 Å². The first kappa shape index (κ1) is 28.4. The van der Waals surface area contributed by atoms with Gasteiger partial charge in [-0.2, -0.15) is 0 Å². The molecule has 2 aromatic rings. The third-order valence-corrected chi connectivity index (χ3v) is 7.45. The second-order valence-electron chi connectivity index (χ2n) is 10.9. The molecule has 0 atom stereocenters. The summed E-state index contributed by atoms with van der Waals surface area (Å²) in [5, 5.41) is 0. The highest BCUT2D eigenvalue weighted by atomic mass is 19.1. The SMILES string of the molecule is C=C(c1ccc(-c2ccc(CCC3CCN(CC(C)(C)F)CC3)cc2)cc1F)N1CCCCC1.CC. The van der Waals surface area contributed by atoms with Crippen LogP contribution in [0.5, 0.6) is 0 Å². The number of alkyl halides is 1. The fourth-order valence-electron chi connectivity index (χ4n) is 5.46. The molecule has 4 heteroatoms. The van der Waals surface area contributed by atoms with E-state index in [1.54, 1.807) is 19.9 Å². The highest BCUT2D eigenvalue weighted by Gasteiger charge is 2.25. The number of aryl methyl sites for hydroxylation is 1. The molecular weight excluding hydrogens is 450 g/mol. The van der Waals surface area contributed by atoms with Gasteiger partial charge in [-0.05, 0) is 107 Å². The molecule has 0 aromatic heterocycles. The van der Waals surface area contributed by atoms with E-state index >= 15 is 0 Å². The van der Waals surface area contributed by atoms with E-state index < -0.39 is 5.67 Å². The van der Waals surface area contributed by atoms with Crippen LogP contribution in [0.15, 0.2) is 49.0 Å². The lowest BCUT2D eigenvalue weighted by atomic mass is 9.90. The Morgan fingerprint density at radius 2 is 1.53 bits per heavy atom. The van der Waals surface area contributed by atoms with E-state index in [4.69, 9.17) is 0 Å². The minimum atomic E-state index is -1.11. The number of rotatable bonds is 8. The molecule has 0 saturated carbocycles. The second-order valence-corrected chi connectivity index (χ2v) is 10.9. The predicted octanol–water partition coefficient (Wildman–Crippen LogP) is 8.37. The maximum atomic E-state index is 15.0. The average Bonchev–Trinajstić information content (AvgIpc) is 2.89. The van der Waals surface area contributed by atoms with Crippen molar-refractivity contribution in [3.63, 3.8) is 0 Å². The number of likely N-dealkylation sites (tertiary alicyclic amines) is 2. The van der Waals surface area contributed by atoms with Crippen LogP contribution in [0.3, 0.4) is 0 Å². The van der Waals surface area contributed by atoms with Gasteiger partial charge >= 0.3 is 0 Å². The Balaban J connectivity index is 0.00000176. The van der Waals surface area contributed by atoms with Gasteiger partial charge < -0.3 is 9.80 Å². The van der Waals surface area contributed by atoms with Gasteiger partial charge in [0.05, 0.1) is 0 Å². The van der Waals surface area contributed by atoms with Crippen molar-refractivity contribution in [2.75, 3.05) is 32.7 Å². The minimum absolute atomic E-state index is 0.195. The molecule has 2 aliphatic rings. The van der Waals surface area contributed by atoms with Crippen LogP contribution in [0.4, 0.5) is 8.78 Å². The topological polar surface area (TPSA) is 6.48 Å². The van der Waals surface area contributed by atoms with Gasteiger partial charge in [0.15, 0.2) is 0 Å². The maximum Gasteiger partial charge on any atom is 0.133 e. The Hall–Kier alpha value is -2.20. The zero-order chi connectivity index (χ0) is 26.1. The van der Waals surface area contributed by atoms with Gasteiger partial charge in [0.25, 0.3) is 0 Å². The molecule has 0 spiro atoms. The molecular formula is C32H46F2N2. The molecule has 0 amide bonds. The fourth-order valence-corrected chi connectivity index (χ4v) is 5.46. The van der Waals surface area contributed by atoms with Crippen molar-refractivity contribution in [3.05, 3.63) is 66.0 Å². The largest absolute Gasteiger partial charge is 0.371 e. The van der Waals surface area contributed by atoms with Crippen molar-refractivity contribution in [2.45, 2.75) is 78.3 Å². The molecule has 4 rings (SSSR count). The lowest BCUT2D eigenvalue weighted by Gasteiger charge is -2.34. The minimum Gasteiger partial charge on any atom is -0.371 e. The van der Waals surface area contributed by atoms with Crippen molar-refractivity contribution in [1.82, 2.24) is 9.80 Å². The summed E-state index contributed by atoms with van der Waals surface area (Å²) in [6.45, 7) is 16.0. The number of halogens is 2. The van der Waals surface area contributed by atoms with E-state index in [0.717, 1.165) is 75.1 Å². The maximum absolute atomic E-state index is 15.0. The van der Waals surface area contributed by atoms with E-state index in [2.05, 4.69) is 40.6 Å². The van der Waals surface area contributed by atoms with Crippen molar-refractivity contribution in [3.8, 4) is 11.1 Å². The normalized spacial score (nSPS) is 17.4. The van der Waals surface area contributed by atoms with Crippen molar-refractivity contribution in [1.29, 1.82) is 0 Å². The molecule has 2 aliphatic heterocycles. The van der Waals surface area contributed by atoms with E-state index in [1.807, 2.05) is 26.0 Å². The van der Waals surface area contributed by atoms with Gasteiger partial charge in [0, 0.05) is 30.9 Å². The average molecular weight is 497 g/mol. The number of hydrogen-bond acceptors (Lipinski definition) is 2. The quantitative estimate of drug-likeness (QED) is 0.362. The summed E-state index contributed by atoms with van der Waals surface area (Å²) in [4.78, 5) is 4.47. The number of piperidine rings is 2. The third-order valence-electron chi connectivity index (χ3n) is 7.45. The number of benzene rings is 2. The number of hydrogen-bond donors (Lipinski definition) is 0. The Morgan fingerprint density at radius 1 is 0.917 bits per heavy atom. The van der Waals surface area contributed by atoms with Crippen molar-refractivity contribution >= 4 is 5.70 Å². The van der Waals surface area contributed by atoms with Crippen LogP contribution < -0.4 is 0 Å². The molecule has 36 heavy (non-hydrogen) atoms. The van der Waals surface area contributed by atoms with Crippen molar-refractivity contribution in [2.24, 2.45) is 5.92 Å². The molecule has 0 N–H and O–H groups in total. The van der Waals surface area contributed by atoms with Gasteiger partial charge in [0.1, 0.15) is 11.5 Å². The molecule has 2 aromatic carbocycles. The number of nitrogens with zero attached hydrogens (tertiary/aromatic N) is 2. The smallest absolute Gasteiger partial charge is 0.133 e. The Morgan fingerprint density at radius 3 is 2.11 bits per heavy atom. The van der Waals surface area contributed by atoms with Crippen LogP contribution in [-0.4, -0.2) is 48.2 Å². The van der Waals surface area contributed by atoms with E-state index in [9.17, 15) is 8.78 Å². The van der Waals surface area contributed by atoms with E-state index in [-0.39, 0.29) is 5.82 Å². The lowest BCUT2D eigenvalue weighted by molar-refractivity contribution is 0.0943. The predicted molar refractivity (Wildman–Crippen MR) is 150 cm³/mol. The molecule has 0 aliphatic carbocycles. The van der Waals surface area contributed by atoms with Gasteiger partial charge in [-0.3, -0.25) is 0 Å². The monoisotopic (exact) mass is 496 g/mol. The molecule has 198 valence electrons. The molecule has 2 fully saturated rings. The molecule has 2 saturated heterocycles. The first-order valence-corrected chi connectivity index (χ1v) is 14.0. The summed E-state index contributed by atoms with van der Waals surface area (Å²) in [5.74, 6) is 0.521. The van der Waals surface area contributed by atoms with Gasteiger partial charge in [0.2, 0.25) is 0 Å². The standard InChI is InChI=1S/C30H40F2N2.C2H6/c1-23(34-17-5-4-6-18-34)28-14-13-27(21-29(28)31)26-11-9-24(10-12-26)7-8-25-15-19-33(20-16-25)22-30(2,3)32;1-2/h9-14,21,25H,1,4-8,15-20,22H2,2-3H3;1-2H3. The summed E-state index contributed by atoms with van der Waals surface area (Å²) in [6.07, 6.45) is 8.10. The van der Waals surface area contributed by atoms with E-state index in [0.29, 0.717) is 18.0 Å². The van der Waals surface area contributed by atoms with Gasteiger partial charge in [-0.15, -0.1) is 0 Å². The van der Waals surface area contributed by atoms with Crippen LogP contribution in [-0.2, 0) is 6.42 Å². The summed E-state index contributed by atoms with van der Waals surface area (Å²) in [6, 6.07) is 14.1. The third kappa shape index (κ3) is 8.16. The van der Waals surface area contributed by atoms with Crippen molar-refractivity contribution < 1.29 is 8.78 Å². The zero-order valence-electron chi connectivity index (χ0n) is 23.0. The highest BCUT2D eigenvalue weighted by Crippen LogP contribution is 2.29. The summed E-state index contributed by atoms with van der Waals surface area (Å²) in [5.41, 5.74) is 3.58. The lowest BCUT2D eigenvalue weighted by Crippen LogP contribution is -2.41. The van der Waals surface area contributed by atoms with Crippen LogP contribution in [0.1, 0.15) is 77.3 Å². The van der Waals surface area contributed by atoms with Crippen LogP contribution >= 0.6 is 0 Å². The first-order valence-electron chi connectivity index (χ1n) is 14.0. The summed E-state index contributed by atoms with van der Waals surface area (Å²) >= 11 is 0. The molecule has 0 radical (unpaired) electrons. The second kappa shape index (κ2) is 13.4. The van der Waals surface area contributed by atoms with Crippen LogP contribution in [0.2, 0.25) is 0 Å². The van der Waals surface area contributed by atoms with Gasteiger partial charge in [-0.1, -0.05) is 50.8 Å². The van der Waals surface area contributed by atoms with Crippen LogP contribution in [0, 0.1) is 11.7 Å². The molecule has 0 bridgehead atoms. The molecule has 2 heterocycles. The Bertz CT molecular complexity index is 947. The fraction of sp³-hybridized carbons (Fsp3) is 0.562. The molecule has 2 nitrogen and oxygen atoms in total.